The summed E-state index contributed by atoms with van der Waals surface area (Å²) in [6, 6.07) is 11.0. The van der Waals surface area contributed by atoms with E-state index in [1.807, 2.05) is 10.9 Å². The normalized spacial score (nSPS) is 10.7. The maximum absolute atomic E-state index is 11.6. The van der Waals surface area contributed by atoms with E-state index in [1.165, 1.54) is 48.5 Å². The number of nitro groups is 2. The van der Waals surface area contributed by atoms with Crippen LogP contribution in [0.5, 0.6) is 0 Å². The predicted molar refractivity (Wildman–Crippen MR) is 97.7 cm³/mol. The molecule has 0 fully saturated rings. The number of non-ortho nitro benzene ring substituents is 2. The van der Waals surface area contributed by atoms with Crippen LogP contribution in [-0.2, 0) is 9.59 Å². The van der Waals surface area contributed by atoms with Gasteiger partial charge in [-0.1, -0.05) is 24.3 Å². The molecule has 0 aliphatic heterocycles. The Labute approximate surface area is 156 Å². The van der Waals surface area contributed by atoms with Crippen LogP contribution >= 0.6 is 0 Å². The number of benzene rings is 2. The Bertz CT molecular complexity index is 908. The van der Waals surface area contributed by atoms with Crippen molar-refractivity contribution in [1.82, 2.24) is 10.9 Å². The largest absolute Gasteiger partial charge is 0.331 e. The number of hydrogen-bond donors (Lipinski definition) is 2. The Morgan fingerprint density at radius 1 is 0.786 bits per heavy atom. The van der Waals surface area contributed by atoms with Crippen molar-refractivity contribution in [3.63, 3.8) is 0 Å². The van der Waals surface area contributed by atoms with Gasteiger partial charge in [0.1, 0.15) is 0 Å². The van der Waals surface area contributed by atoms with Crippen molar-refractivity contribution < 1.29 is 19.4 Å². The van der Waals surface area contributed by atoms with Crippen molar-refractivity contribution in [3.8, 4) is 0 Å². The Morgan fingerprint density at radius 3 is 1.54 bits per heavy atom. The highest BCUT2D eigenvalue weighted by atomic mass is 16.6. The van der Waals surface area contributed by atoms with Crippen LogP contribution in [0.3, 0.4) is 0 Å². The summed E-state index contributed by atoms with van der Waals surface area (Å²) in [4.78, 5) is 43.4. The van der Waals surface area contributed by atoms with Crippen LogP contribution in [0.1, 0.15) is 11.1 Å². The fourth-order valence-electron chi connectivity index (χ4n) is 1.87. The Hall–Kier alpha value is -4.48. The number of rotatable bonds is 6. The molecule has 0 saturated heterocycles. The standard InChI is InChI=1S/C16H12N6O6/c23-15(19-17-9-11-3-1-5-13(7-11)21(25)26)16(24)20-18-10-12-4-2-6-14(8-12)22(27)28/h1-10H,(H,19,23)(H,20,24)/b17-9-,18-10+. The van der Waals surface area contributed by atoms with Gasteiger partial charge in [-0.05, 0) is 0 Å². The predicted octanol–water partition coefficient (Wildman–Crippen LogP) is 1.10. The van der Waals surface area contributed by atoms with E-state index in [0.29, 0.717) is 11.1 Å². The van der Waals surface area contributed by atoms with Crippen LogP contribution < -0.4 is 10.9 Å². The molecule has 2 N–H and O–H groups in total. The summed E-state index contributed by atoms with van der Waals surface area (Å²) in [5, 5.41) is 28.4. The van der Waals surface area contributed by atoms with Crippen molar-refractivity contribution >= 4 is 35.6 Å². The summed E-state index contributed by atoms with van der Waals surface area (Å²) in [6.07, 6.45) is 2.26. The summed E-state index contributed by atoms with van der Waals surface area (Å²) in [7, 11) is 0. The van der Waals surface area contributed by atoms with Gasteiger partial charge in [-0.3, -0.25) is 29.8 Å². The highest BCUT2D eigenvalue weighted by Crippen LogP contribution is 2.12. The minimum absolute atomic E-state index is 0.150. The lowest BCUT2D eigenvalue weighted by Crippen LogP contribution is -2.35. The van der Waals surface area contributed by atoms with E-state index in [-0.39, 0.29) is 11.4 Å². The first kappa shape index (κ1) is 19.8. The highest BCUT2D eigenvalue weighted by Gasteiger charge is 2.11. The van der Waals surface area contributed by atoms with Gasteiger partial charge >= 0.3 is 11.8 Å². The zero-order chi connectivity index (χ0) is 20.5. The molecular weight excluding hydrogens is 372 g/mol. The molecule has 0 unspecified atom stereocenters. The minimum atomic E-state index is -1.13. The molecule has 2 aromatic rings. The fraction of sp³-hybridized carbons (Fsp3) is 0. The lowest BCUT2D eigenvalue weighted by atomic mass is 10.2. The van der Waals surface area contributed by atoms with E-state index in [2.05, 4.69) is 10.2 Å². The quantitative estimate of drug-likeness (QED) is 0.327. The number of carbonyl (C=O) groups is 2. The lowest BCUT2D eigenvalue weighted by Gasteiger charge is -1.98. The van der Waals surface area contributed by atoms with Crippen LogP contribution in [0.4, 0.5) is 11.4 Å². The van der Waals surface area contributed by atoms with Gasteiger partial charge in [-0.2, -0.15) is 10.2 Å². The molecule has 0 bridgehead atoms. The van der Waals surface area contributed by atoms with E-state index in [4.69, 9.17) is 0 Å². The van der Waals surface area contributed by atoms with Crippen molar-refractivity contribution in [2.24, 2.45) is 10.2 Å². The summed E-state index contributed by atoms with van der Waals surface area (Å²) in [6.45, 7) is 0. The molecule has 0 spiro atoms. The molecule has 2 amide bonds. The van der Waals surface area contributed by atoms with Crippen LogP contribution in [0, 0.1) is 20.2 Å². The maximum Gasteiger partial charge on any atom is 0.331 e. The molecule has 0 aromatic heterocycles. The van der Waals surface area contributed by atoms with Crippen LogP contribution in [0.15, 0.2) is 58.7 Å². The van der Waals surface area contributed by atoms with Crippen molar-refractivity contribution in [2.75, 3.05) is 0 Å². The molecule has 0 radical (unpaired) electrons. The molecule has 0 aliphatic rings. The highest BCUT2D eigenvalue weighted by molar-refractivity contribution is 6.35. The molecule has 0 atom stereocenters. The third-order valence-electron chi connectivity index (χ3n) is 3.13. The lowest BCUT2D eigenvalue weighted by molar-refractivity contribution is -0.385. The number of hydrazone groups is 2. The first-order chi connectivity index (χ1) is 13.4. The third-order valence-corrected chi connectivity index (χ3v) is 3.13. The monoisotopic (exact) mass is 384 g/mol. The Balaban J connectivity index is 1.88. The molecule has 12 nitrogen and oxygen atoms in total. The second-order valence-corrected chi connectivity index (χ2v) is 5.10. The minimum Gasteiger partial charge on any atom is -0.262 e. The number of nitrogens with one attached hydrogen (secondary N) is 2. The van der Waals surface area contributed by atoms with Gasteiger partial charge in [0, 0.05) is 35.4 Å². The zero-order valence-electron chi connectivity index (χ0n) is 14.0. The topological polar surface area (TPSA) is 169 Å². The van der Waals surface area contributed by atoms with E-state index in [1.54, 1.807) is 0 Å². The third kappa shape index (κ3) is 5.80. The molecule has 0 saturated carbocycles. The number of carbonyl (C=O) groups excluding carboxylic acids is 2. The second-order valence-electron chi connectivity index (χ2n) is 5.10. The molecule has 142 valence electrons. The zero-order valence-corrected chi connectivity index (χ0v) is 14.0. The van der Waals surface area contributed by atoms with Crippen molar-refractivity contribution in [2.45, 2.75) is 0 Å². The average Bonchev–Trinajstić information content (AvgIpc) is 2.68. The number of nitrogens with zero attached hydrogens (tertiary/aromatic N) is 4. The van der Waals surface area contributed by atoms with E-state index < -0.39 is 21.7 Å². The van der Waals surface area contributed by atoms with Crippen molar-refractivity contribution in [1.29, 1.82) is 0 Å². The smallest absolute Gasteiger partial charge is 0.262 e. The van der Waals surface area contributed by atoms with E-state index in [9.17, 15) is 29.8 Å². The fourth-order valence-corrected chi connectivity index (χ4v) is 1.87. The average molecular weight is 384 g/mol. The van der Waals surface area contributed by atoms with Gasteiger partial charge < -0.3 is 0 Å². The first-order valence-corrected chi connectivity index (χ1v) is 7.52. The van der Waals surface area contributed by atoms with Crippen LogP contribution in [-0.4, -0.2) is 34.1 Å². The van der Waals surface area contributed by atoms with E-state index >= 15 is 0 Å². The van der Waals surface area contributed by atoms with Gasteiger partial charge in [0.05, 0.1) is 22.3 Å². The van der Waals surface area contributed by atoms with E-state index in [0.717, 1.165) is 12.4 Å². The SMILES string of the molecule is O=C(N/N=C\c1cccc([N+](=O)[O-])c1)C(=O)N/N=C/c1cccc([N+](=O)[O-])c1. The number of nitro benzene ring substituents is 2. The molecule has 2 aromatic carbocycles. The van der Waals surface area contributed by atoms with Gasteiger partial charge in [0.25, 0.3) is 11.4 Å². The Morgan fingerprint density at radius 2 is 1.18 bits per heavy atom. The second kappa shape index (κ2) is 9.28. The summed E-state index contributed by atoms with van der Waals surface area (Å²) in [5.41, 5.74) is 4.27. The number of hydrogen-bond acceptors (Lipinski definition) is 8. The van der Waals surface area contributed by atoms with Gasteiger partial charge in [0.2, 0.25) is 0 Å². The molecule has 0 heterocycles. The maximum atomic E-state index is 11.6. The van der Waals surface area contributed by atoms with Gasteiger partial charge in [0.15, 0.2) is 0 Å². The van der Waals surface area contributed by atoms with Gasteiger partial charge in [-0.15, -0.1) is 0 Å². The summed E-state index contributed by atoms with van der Waals surface area (Å²) >= 11 is 0. The Kier molecular flexibility index (Phi) is 6.58. The molecule has 28 heavy (non-hydrogen) atoms. The molecule has 0 aliphatic carbocycles. The number of amides is 2. The molecule has 12 heteroatoms. The molecular formula is C16H12N6O6. The summed E-state index contributed by atoms with van der Waals surface area (Å²) in [5.74, 6) is -2.25. The van der Waals surface area contributed by atoms with Gasteiger partial charge in [-0.25, -0.2) is 10.9 Å². The summed E-state index contributed by atoms with van der Waals surface area (Å²) < 4.78 is 0. The first-order valence-electron chi connectivity index (χ1n) is 7.52. The molecule has 2 rings (SSSR count). The van der Waals surface area contributed by atoms with Crippen LogP contribution in [0.2, 0.25) is 0 Å². The van der Waals surface area contributed by atoms with Crippen molar-refractivity contribution in [3.05, 3.63) is 79.9 Å². The van der Waals surface area contributed by atoms with Crippen LogP contribution in [0.25, 0.3) is 0 Å².